The zero-order chi connectivity index (χ0) is 16.8. The van der Waals surface area contributed by atoms with E-state index in [0.29, 0.717) is 0 Å². The molecule has 0 amide bonds. The summed E-state index contributed by atoms with van der Waals surface area (Å²) >= 11 is 0. The van der Waals surface area contributed by atoms with Crippen molar-refractivity contribution >= 4 is 5.39 Å². The summed E-state index contributed by atoms with van der Waals surface area (Å²) in [5, 5.41) is 1.10. The van der Waals surface area contributed by atoms with Crippen molar-refractivity contribution in [1.29, 1.82) is 0 Å². The number of hydrogen-bond donors (Lipinski definition) is 0. The zero-order valence-electron chi connectivity index (χ0n) is 13.5. The Morgan fingerprint density at radius 3 is 1.92 bits per heavy atom. The molecule has 5 rings (SSSR count). The van der Waals surface area contributed by atoms with Gasteiger partial charge in [-0.1, -0.05) is 84.9 Å². The minimum absolute atomic E-state index is 0.0413. The molecule has 0 N–H and O–H groups in total. The Morgan fingerprint density at radius 2 is 1.20 bits per heavy atom. The Morgan fingerprint density at radius 1 is 0.600 bits per heavy atom. The Labute approximate surface area is 145 Å². The molecule has 2 aromatic carbocycles. The third-order valence-electron chi connectivity index (χ3n) is 4.79. The van der Waals surface area contributed by atoms with Gasteiger partial charge in [0.15, 0.2) is 0 Å². The van der Waals surface area contributed by atoms with E-state index in [1.165, 1.54) is 0 Å². The van der Waals surface area contributed by atoms with E-state index in [1.807, 2.05) is 72.9 Å². The lowest BCUT2D eigenvalue weighted by molar-refractivity contribution is 1.14. The maximum absolute atomic E-state index is 13.2. The van der Waals surface area contributed by atoms with Crippen molar-refractivity contribution in [2.75, 3.05) is 0 Å². The van der Waals surface area contributed by atoms with Crippen LogP contribution in [0.4, 0.5) is 0 Å². The van der Waals surface area contributed by atoms with E-state index in [2.05, 4.69) is 18.2 Å². The molecule has 0 unspecified atom stereocenters. The van der Waals surface area contributed by atoms with Crippen molar-refractivity contribution < 1.29 is 0 Å². The lowest BCUT2D eigenvalue weighted by atomic mass is 9.99. The highest BCUT2D eigenvalue weighted by Gasteiger charge is 2.24. The molecule has 1 aromatic heterocycles. The van der Waals surface area contributed by atoms with E-state index in [9.17, 15) is 4.79 Å². The van der Waals surface area contributed by atoms with E-state index in [4.69, 9.17) is 0 Å². The highest BCUT2D eigenvalue weighted by Crippen LogP contribution is 2.40. The van der Waals surface area contributed by atoms with Crippen molar-refractivity contribution in [3.63, 3.8) is 0 Å². The summed E-state index contributed by atoms with van der Waals surface area (Å²) in [4.78, 5) is 13.2. The molecule has 2 aliphatic rings. The molecule has 0 saturated carbocycles. The predicted octanol–water partition coefficient (Wildman–Crippen LogP) is 5.18. The largest absolute Gasteiger partial charge is 0.282 e. The fourth-order valence-electron chi connectivity index (χ4n) is 3.68. The second-order valence-corrected chi connectivity index (χ2v) is 6.22. The van der Waals surface area contributed by atoms with Crippen LogP contribution in [0.15, 0.2) is 95.9 Å². The molecule has 0 atom stereocenters. The quantitative estimate of drug-likeness (QED) is 0.439. The maximum atomic E-state index is 13.2. The van der Waals surface area contributed by atoms with Crippen LogP contribution in [0.25, 0.3) is 38.9 Å². The van der Waals surface area contributed by atoms with Crippen LogP contribution in [-0.4, -0.2) is 4.40 Å². The first-order chi connectivity index (χ1) is 12.3. The number of hydrogen-bond acceptors (Lipinski definition) is 1. The van der Waals surface area contributed by atoms with Gasteiger partial charge in [-0.15, -0.1) is 0 Å². The third-order valence-corrected chi connectivity index (χ3v) is 4.79. The number of rotatable bonds is 2. The minimum atomic E-state index is 0.0413. The average molecular weight is 321 g/mol. The SMILES string of the molecule is O=c1c(-c2ccccc2)c2ccccc3c(-c4ccccc4)cn1c3-2. The molecule has 0 radical (unpaired) electrons. The minimum Gasteiger partial charge on any atom is -0.282 e. The van der Waals surface area contributed by atoms with Gasteiger partial charge in [-0.05, 0) is 11.1 Å². The Kier molecular flexibility index (Phi) is 2.98. The van der Waals surface area contributed by atoms with Gasteiger partial charge in [-0.3, -0.25) is 9.20 Å². The first kappa shape index (κ1) is 14.0. The van der Waals surface area contributed by atoms with Crippen LogP contribution in [0.2, 0.25) is 0 Å². The maximum Gasteiger partial charge on any atom is 0.263 e. The van der Waals surface area contributed by atoms with Crippen molar-refractivity contribution in [3.8, 4) is 33.5 Å². The molecule has 0 fully saturated rings. The average Bonchev–Trinajstić information content (AvgIpc) is 3.07. The third kappa shape index (κ3) is 2.01. The van der Waals surface area contributed by atoms with Crippen molar-refractivity contribution in [2.45, 2.75) is 0 Å². The molecule has 3 aromatic rings. The lowest BCUT2D eigenvalue weighted by Gasteiger charge is -2.02. The number of aromatic nitrogens is 1. The number of nitrogens with zero attached hydrogens (tertiary/aromatic N) is 1. The summed E-state index contributed by atoms with van der Waals surface area (Å²) in [5.41, 5.74) is 5.99. The predicted molar refractivity (Wildman–Crippen MR) is 102 cm³/mol. The Balaban J connectivity index is 1.90. The summed E-state index contributed by atoms with van der Waals surface area (Å²) in [7, 11) is 0. The summed E-state index contributed by atoms with van der Waals surface area (Å²) in [6.07, 6.45) is 1.97. The van der Waals surface area contributed by atoms with E-state index in [1.54, 1.807) is 4.40 Å². The van der Waals surface area contributed by atoms with Crippen LogP contribution in [-0.2, 0) is 0 Å². The van der Waals surface area contributed by atoms with Crippen LogP contribution >= 0.6 is 0 Å². The highest BCUT2D eigenvalue weighted by molar-refractivity contribution is 6.00. The van der Waals surface area contributed by atoms with Crippen LogP contribution in [0.3, 0.4) is 0 Å². The van der Waals surface area contributed by atoms with Crippen molar-refractivity contribution in [3.05, 3.63) is 101 Å². The van der Waals surface area contributed by atoms with Gasteiger partial charge in [0, 0.05) is 22.7 Å². The lowest BCUT2D eigenvalue weighted by Crippen LogP contribution is -2.06. The molecule has 0 saturated heterocycles. The van der Waals surface area contributed by atoms with Crippen LogP contribution in [0.1, 0.15) is 0 Å². The Hall–Kier alpha value is -3.39. The standard InChI is InChI=1S/C23H15NO/c25-23-21(17-11-5-2-6-12-17)19-14-8-7-13-18-20(15-24(23)22(18)19)16-9-3-1-4-10-16/h1-15H. The molecule has 1 aliphatic heterocycles. The van der Waals surface area contributed by atoms with Crippen LogP contribution in [0.5, 0.6) is 0 Å². The van der Waals surface area contributed by atoms with E-state index >= 15 is 0 Å². The van der Waals surface area contributed by atoms with Gasteiger partial charge in [0.2, 0.25) is 0 Å². The zero-order valence-corrected chi connectivity index (χ0v) is 13.5. The Bertz CT molecular complexity index is 1190. The van der Waals surface area contributed by atoms with Gasteiger partial charge >= 0.3 is 0 Å². The molecular weight excluding hydrogens is 306 g/mol. The summed E-state index contributed by atoms with van der Waals surface area (Å²) in [6.45, 7) is 0. The molecule has 2 nitrogen and oxygen atoms in total. The normalized spacial score (nSPS) is 11.4. The first-order valence-electron chi connectivity index (χ1n) is 8.35. The van der Waals surface area contributed by atoms with Gasteiger partial charge < -0.3 is 0 Å². The first-order valence-corrected chi connectivity index (χ1v) is 8.35. The molecule has 2 heterocycles. The fourth-order valence-corrected chi connectivity index (χ4v) is 3.68. The monoisotopic (exact) mass is 321 g/mol. The van der Waals surface area contributed by atoms with E-state index in [0.717, 1.165) is 38.9 Å². The van der Waals surface area contributed by atoms with Gasteiger partial charge in [0.1, 0.15) is 0 Å². The molecule has 0 spiro atoms. The second-order valence-electron chi connectivity index (χ2n) is 6.22. The van der Waals surface area contributed by atoms with Gasteiger partial charge in [0.25, 0.3) is 5.56 Å². The highest BCUT2D eigenvalue weighted by atomic mass is 16.1. The van der Waals surface area contributed by atoms with Crippen LogP contribution < -0.4 is 5.56 Å². The molecule has 2 heteroatoms. The smallest absolute Gasteiger partial charge is 0.263 e. The fraction of sp³-hybridized carbons (Fsp3) is 0. The second kappa shape index (κ2) is 5.32. The van der Waals surface area contributed by atoms with Gasteiger partial charge in [-0.2, -0.15) is 0 Å². The van der Waals surface area contributed by atoms with E-state index in [-0.39, 0.29) is 5.56 Å². The summed E-state index contributed by atoms with van der Waals surface area (Å²) in [5.74, 6) is 0. The summed E-state index contributed by atoms with van der Waals surface area (Å²) in [6, 6.07) is 28.3. The molecular formula is C23H15NO. The molecule has 25 heavy (non-hydrogen) atoms. The van der Waals surface area contributed by atoms with Gasteiger partial charge in [0.05, 0.1) is 11.3 Å². The molecule has 0 bridgehead atoms. The van der Waals surface area contributed by atoms with Gasteiger partial charge in [-0.25, -0.2) is 0 Å². The van der Waals surface area contributed by atoms with Crippen molar-refractivity contribution in [1.82, 2.24) is 4.40 Å². The molecule has 118 valence electrons. The van der Waals surface area contributed by atoms with Crippen molar-refractivity contribution in [2.24, 2.45) is 0 Å². The number of benzene rings is 2. The summed E-state index contributed by atoms with van der Waals surface area (Å²) < 4.78 is 1.80. The molecule has 1 aliphatic carbocycles. The topological polar surface area (TPSA) is 21.5 Å². The van der Waals surface area contributed by atoms with Crippen LogP contribution in [0, 0.1) is 0 Å². The van der Waals surface area contributed by atoms with E-state index < -0.39 is 0 Å².